The van der Waals surface area contributed by atoms with E-state index in [1.807, 2.05) is 0 Å². The number of hydrogen-bond acceptors (Lipinski definition) is 9. The second-order valence-electron chi connectivity index (χ2n) is 9.70. The number of hydrogen-bond donors (Lipinski definition) is 5. The number of carboxylic acids is 1. The number of nitrogens with one attached hydrogen (secondary N) is 3. The van der Waals surface area contributed by atoms with E-state index < -0.39 is 23.7 Å². The highest BCUT2D eigenvalue weighted by Crippen LogP contribution is 2.31. The third-order valence-corrected chi connectivity index (χ3v) is 7.07. The summed E-state index contributed by atoms with van der Waals surface area (Å²) in [7, 11) is 5.58. The van der Waals surface area contributed by atoms with Crippen molar-refractivity contribution in [3.8, 4) is 23.0 Å². The summed E-state index contributed by atoms with van der Waals surface area (Å²) in [6, 6.07) is 5.19. The smallest absolute Gasteiger partial charge is 0.339 e. The highest BCUT2D eigenvalue weighted by molar-refractivity contribution is 6.03. The third kappa shape index (κ3) is 7.60. The molecule has 2 aromatic rings. The number of nitrogens with two attached hydrogens (primary N) is 1. The van der Waals surface area contributed by atoms with Gasteiger partial charge in [0.15, 0.2) is 0 Å². The van der Waals surface area contributed by atoms with E-state index in [1.54, 1.807) is 0 Å². The maximum absolute atomic E-state index is 13.3. The zero-order valence-electron chi connectivity index (χ0n) is 24.2. The van der Waals surface area contributed by atoms with E-state index in [2.05, 4.69) is 16.0 Å². The number of ether oxygens (including phenoxy) is 4. The number of amides is 3. The molecule has 13 heteroatoms. The molecular formula is C29H38N4O9. The minimum atomic E-state index is -1.23. The summed E-state index contributed by atoms with van der Waals surface area (Å²) in [6.45, 7) is 0.818. The maximum atomic E-state index is 13.3. The second kappa shape index (κ2) is 14.9. The van der Waals surface area contributed by atoms with Crippen LogP contribution in [0.3, 0.4) is 0 Å². The van der Waals surface area contributed by atoms with Crippen molar-refractivity contribution in [1.82, 2.24) is 16.0 Å². The Morgan fingerprint density at radius 1 is 0.690 bits per heavy atom. The summed E-state index contributed by atoms with van der Waals surface area (Å²) in [5.41, 5.74) is 5.83. The number of rotatable bonds is 13. The van der Waals surface area contributed by atoms with E-state index in [9.17, 15) is 24.3 Å². The lowest BCUT2D eigenvalue weighted by Gasteiger charge is -2.30. The summed E-state index contributed by atoms with van der Waals surface area (Å²) in [5.74, 6) is -1.68. The molecule has 3 amide bonds. The van der Waals surface area contributed by atoms with Gasteiger partial charge in [0.05, 0.1) is 45.1 Å². The highest BCUT2D eigenvalue weighted by Gasteiger charge is 2.28. The molecule has 0 heterocycles. The summed E-state index contributed by atoms with van der Waals surface area (Å²) in [5, 5.41) is 18.2. The molecule has 228 valence electrons. The molecule has 42 heavy (non-hydrogen) atoms. The molecule has 3 rings (SSSR count). The molecule has 2 aromatic carbocycles. The van der Waals surface area contributed by atoms with Gasteiger partial charge in [-0.25, -0.2) is 4.79 Å². The first kappa shape index (κ1) is 32.0. The summed E-state index contributed by atoms with van der Waals surface area (Å²) >= 11 is 0. The molecule has 0 unspecified atom stereocenters. The van der Waals surface area contributed by atoms with Crippen LogP contribution < -0.4 is 40.6 Å². The van der Waals surface area contributed by atoms with Crippen LogP contribution in [0.5, 0.6) is 23.0 Å². The summed E-state index contributed by atoms with van der Waals surface area (Å²) < 4.78 is 21.1. The van der Waals surface area contributed by atoms with Gasteiger partial charge in [-0.2, -0.15) is 0 Å². The number of aromatic carboxylic acids is 1. The normalized spacial score (nSPS) is 16.1. The van der Waals surface area contributed by atoms with E-state index in [0.717, 1.165) is 0 Å². The number of carboxylic acid groups (broad SMARTS) is 1. The molecule has 13 nitrogen and oxygen atoms in total. The highest BCUT2D eigenvalue weighted by atomic mass is 16.5. The van der Waals surface area contributed by atoms with Gasteiger partial charge in [0.25, 0.3) is 17.7 Å². The fourth-order valence-corrected chi connectivity index (χ4v) is 4.80. The second-order valence-corrected chi connectivity index (χ2v) is 9.70. The Morgan fingerprint density at radius 3 is 1.45 bits per heavy atom. The largest absolute Gasteiger partial charge is 0.496 e. The van der Waals surface area contributed by atoms with Gasteiger partial charge >= 0.3 is 5.97 Å². The van der Waals surface area contributed by atoms with E-state index in [1.165, 1.54) is 52.7 Å². The molecule has 0 atom stereocenters. The van der Waals surface area contributed by atoms with Gasteiger partial charge in [0, 0.05) is 30.8 Å². The lowest BCUT2D eigenvalue weighted by Crippen LogP contribution is -2.44. The van der Waals surface area contributed by atoms with Crippen LogP contribution in [0.2, 0.25) is 0 Å². The lowest BCUT2D eigenvalue weighted by molar-refractivity contribution is 0.0692. The van der Waals surface area contributed by atoms with Crippen LogP contribution in [0.4, 0.5) is 0 Å². The third-order valence-electron chi connectivity index (χ3n) is 7.07. The van der Waals surface area contributed by atoms with Gasteiger partial charge in [0.2, 0.25) is 0 Å². The Bertz CT molecular complexity index is 1310. The molecule has 0 aliphatic heterocycles. The summed E-state index contributed by atoms with van der Waals surface area (Å²) in [4.78, 5) is 50.7. The SMILES string of the molecule is COc1cc(OC)c(C(=O)NC2CCC(NC(=O)c3cc(C(=O)NCCCN)c(OC)cc3OC)CC2)cc1C(=O)O. The fourth-order valence-electron chi connectivity index (χ4n) is 4.80. The predicted octanol–water partition coefficient (Wildman–Crippen LogP) is 1.97. The van der Waals surface area contributed by atoms with Crippen LogP contribution in [0.25, 0.3) is 0 Å². The number of benzene rings is 2. The molecule has 0 aromatic heterocycles. The average Bonchev–Trinajstić information content (AvgIpc) is 3.00. The molecular weight excluding hydrogens is 548 g/mol. The maximum Gasteiger partial charge on any atom is 0.339 e. The standard InChI is InChI=1S/C29H38N4O9/c1-39-22-14-23(40-2)19(12-18(22)26(34)31-11-5-10-30)27(35)32-16-6-8-17(9-7-16)33-28(36)20-13-21(29(37)38)25(42-4)15-24(20)41-3/h12-17H,5-11,30H2,1-4H3,(H,31,34)(H,32,35)(H,33,36)(H,37,38). The van der Waals surface area contributed by atoms with Crippen LogP contribution in [0.15, 0.2) is 24.3 Å². The zero-order chi connectivity index (χ0) is 30.8. The van der Waals surface area contributed by atoms with Crippen LogP contribution in [-0.2, 0) is 0 Å². The molecule has 0 radical (unpaired) electrons. The molecule has 0 spiro atoms. The Morgan fingerprint density at radius 2 is 1.07 bits per heavy atom. The zero-order valence-corrected chi connectivity index (χ0v) is 24.2. The molecule has 0 saturated heterocycles. The Balaban J connectivity index is 1.66. The van der Waals surface area contributed by atoms with Crippen molar-refractivity contribution in [2.45, 2.75) is 44.2 Å². The van der Waals surface area contributed by atoms with Crippen LogP contribution in [-0.4, -0.2) is 82.4 Å². The molecule has 1 fully saturated rings. The van der Waals surface area contributed by atoms with E-state index in [4.69, 9.17) is 24.7 Å². The quantitative estimate of drug-likeness (QED) is 0.217. The number of methoxy groups -OCH3 is 4. The van der Waals surface area contributed by atoms with Crippen LogP contribution in [0.1, 0.15) is 73.5 Å². The minimum Gasteiger partial charge on any atom is -0.496 e. The Hall–Kier alpha value is -4.52. The van der Waals surface area contributed by atoms with Crippen molar-refractivity contribution in [2.75, 3.05) is 41.5 Å². The van der Waals surface area contributed by atoms with Crippen LogP contribution in [0, 0.1) is 0 Å². The Labute approximate surface area is 244 Å². The first-order valence-corrected chi connectivity index (χ1v) is 13.5. The van der Waals surface area contributed by atoms with Crippen molar-refractivity contribution in [3.63, 3.8) is 0 Å². The molecule has 1 aliphatic carbocycles. The van der Waals surface area contributed by atoms with E-state index in [-0.39, 0.29) is 57.3 Å². The molecule has 1 aliphatic rings. The van der Waals surface area contributed by atoms with Crippen molar-refractivity contribution in [1.29, 1.82) is 0 Å². The van der Waals surface area contributed by atoms with Gasteiger partial charge in [-0.05, 0) is 50.8 Å². The van der Waals surface area contributed by atoms with Gasteiger partial charge in [0.1, 0.15) is 28.6 Å². The first-order valence-electron chi connectivity index (χ1n) is 13.5. The van der Waals surface area contributed by atoms with E-state index >= 15 is 0 Å². The fraction of sp³-hybridized carbons (Fsp3) is 0.448. The van der Waals surface area contributed by atoms with Gasteiger partial charge in [-0.3, -0.25) is 14.4 Å². The first-order chi connectivity index (χ1) is 20.2. The van der Waals surface area contributed by atoms with Crippen molar-refractivity contribution in [3.05, 3.63) is 46.5 Å². The summed E-state index contributed by atoms with van der Waals surface area (Å²) in [6.07, 6.45) is 2.94. The number of carbonyl (C=O) groups excluding carboxylic acids is 3. The van der Waals surface area contributed by atoms with Gasteiger partial charge in [-0.15, -0.1) is 0 Å². The molecule has 0 bridgehead atoms. The van der Waals surface area contributed by atoms with Crippen molar-refractivity contribution < 1.29 is 43.2 Å². The molecule has 6 N–H and O–H groups in total. The predicted molar refractivity (Wildman–Crippen MR) is 153 cm³/mol. The topological polar surface area (TPSA) is 188 Å². The van der Waals surface area contributed by atoms with E-state index in [0.29, 0.717) is 45.2 Å². The van der Waals surface area contributed by atoms with Gasteiger partial charge in [-0.1, -0.05) is 0 Å². The lowest BCUT2D eigenvalue weighted by atomic mass is 9.90. The number of carbonyl (C=O) groups is 4. The monoisotopic (exact) mass is 586 g/mol. The van der Waals surface area contributed by atoms with Crippen molar-refractivity contribution >= 4 is 23.7 Å². The van der Waals surface area contributed by atoms with Crippen LogP contribution >= 0.6 is 0 Å². The van der Waals surface area contributed by atoms with Crippen molar-refractivity contribution in [2.24, 2.45) is 5.73 Å². The Kier molecular flexibility index (Phi) is 11.4. The van der Waals surface area contributed by atoms with Gasteiger partial charge < -0.3 is 45.7 Å². The average molecular weight is 587 g/mol. The molecule has 1 saturated carbocycles. The minimum absolute atomic E-state index is 0.0833.